The van der Waals surface area contributed by atoms with Gasteiger partial charge in [-0.3, -0.25) is 9.59 Å². The van der Waals surface area contributed by atoms with Crippen molar-refractivity contribution in [2.45, 2.75) is 20.3 Å². The number of halogens is 1. The van der Waals surface area contributed by atoms with Crippen molar-refractivity contribution < 1.29 is 14.3 Å². The average Bonchev–Trinajstić information content (AvgIpc) is 3.14. The van der Waals surface area contributed by atoms with Gasteiger partial charge in [0.25, 0.3) is 0 Å². The topological polar surface area (TPSA) is 58.6 Å². The van der Waals surface area contributed by atoms with Crippen molar-refractivity contribution in [1.82, 2.24) is 0 Å². The third kappa shape index (κ3) is 4.89. The number of aryl methyl sites for hydroxylation is 2. The highest BCUT2D eigenvalue weighted by Crippen LogP contribution is 2.30. The lowest BCUT2D eigenvalue weighted by atomic mass is 10.1. The van der Waals surface area contributed by atoms with E-state index in [-0.39, 0.29) is 18.2 Å². The summed E-state index contributed by atoms with van der Waals surface area (Å²) in [6.07, 6.45) is 0.205. The lowest BCUT2D eigenvalue weighted by Gasteiger charge is -2.19. The summed E-state index contributed by atoms with van der Waals surface area (Å²) in [5, 5.41) is 3.56. The van der Waals surface area contributed by atoms with E-state index in [0.717, 1.165) is 16.8 Å². The number of benzene rings is 3. The van der Waals surface area contributed by atoms with E-state index in [9.17, 15) is 9.59 Å². The van der Waals surface area contributed by atoms with Crippen molar-refractivity contribution >= 4 is 34.8 Å². The number of nitrogens with zero attached hydrogens (tertiary/aromatic N) is 1. The first-order valence-corrected chi connectivity index (χ1v) is 10.5. The number of hydrogen-bond acceptors (Lipinski definition) is 3. The molecule has 1 aliphatic rings. The molecule has 1 heterocycles. The number of rotatable bonds is 5. The first kappa shape index (κ1) is 20.9. The summed E-state index contributed by atoms with van der Waals surface area (Å²) in [7, 11) is 0. The first-order valence-electron chi connectivity index (χ1n) is 10.1. The molecule has 1 fully saturated rings. The van der Waals surface area contributed by atoms with Gasteiger partial charge >= 0.3 is 0 Å². The van der Waals surface area contributed by atoms with Gasteiger partial charge in [0.2, 0.25) is 11.8 Å². The molecule has 1 aliphatic heterocycles. The van der Waals surface area contributed by atoms with Gasteiger partial charge in [0.1, 0.15) is 11.5 Å². The standard InChI is InChI=1S/C25H23ClN2O3/c1-16-3-4-17(2)23(13-16)28-15-18(14-24(28)29)25(30)27-20-7-11-22(12-8-20)31-21-9-5-19(26)6-10-21/h3-13,18H,14-15H2,1-2H3,(H,27,30)/t18-/m1/s1. The Morgan fingerprint density at radius 1 is 1.00 bits per heavy atom. The van der Waals surface area contributed by atoms with Crippen molar-refractivity contribution in [3.63, 3.8) is 0 Å². The Kier molecular flexibility index (Phi) is 5.96. The van der Waals surface area contributed by atoms with Crippen LogP contribution in [-0.4, -0.2) is 18.4 Å². The number of hydrogen-bond donors (Lipinski definition) is 1. The van der Waals surface area contributed by atoms with E-state index in [1.165, 1.54) is 0 Å². The van der Waals surface area contributed by atoms with Crippen LogP contribution in [0, 0.1) is 19.8 Å². The fourth-order valence-electron chi connectivity index (χ4n) is 3.62. The molecule has 3 aromatic carbocycles. The van der Waals surface area contributed by atoms with Crippen LogP contribution < -0.4 is 15.0 Å². The number of ether oxygens (including phenoxy) is 1. The van der Waals surface area contributed by atoms with Crippen molar-refractivity contribution in [2.24, 2.45) is 5.92 Å². The van der Waals surface area contributed by atoms with Crippen LogP contribution in [0.1, 0.15) is 17.5 Å². The third-order valence-corrected chi connectivity index (χ3v) is 5.57. The smallest absolute Gasteiger partial charge is 0.229 e. The van der Waals surface area contributed by atoms with Gasteiger partial charge in [0.05, 0.1) is 5.92 Å². The second-order valence-corrected chi connectivity index (χ2v) is 8.20. The fraction of sp³-hybridized carbons (Fsp3) is 0.200. The Bertz CT molecular complexity index is 1110. The summed E-state index contributed by atoms with van der Waals surface area (Å²) >= 11 is 5.89. The van der Waals surface area contributed by atoms with Crippen LogP contribution in [0.2, 0.25) is 5.02 Å². The number of anilines is 2. The average molecular weight is 435 g/mol. The van der Waals surface area contributed by atoms with E-state index >= 15 is 0 Å². The maximum atomic E-state index is 12.8. The first-order chi connectivity index (χ1) is 14.9. The van der Waals surface area contributed by atoms with Crippen molar-refractivity contribution in [2.75, 3.05) is 16.8 Å². The van der Waals surface area contributed by atoms with Gasteiger partial charge in [0, 0.05) is 29.4 Å². The molecule has 0 saturated carbocycles. The van der Waals surface area contributed by atoms with Gasteiger partial charge in [-0.15, -0.1) is 0 Å². The number of nitrogens with one attached hydrogen (secondary N) is 1. The van der Waals surface area contributed by atoms with E-state index in [1.54, 1.807) is 53.4 Å². The molecular formula is C25H23ClN2O3. The van der Waals surface area contributed by atoms with E-state index in [0.29, 0.717) is 28.8 Å². The summed E-state index contributed by atoms with van der Waals surface area (Å²) in [4.78, 5) is 27.0. The highest BCUT2D eigenvalue weighted by molar-refractivity contribution is 6.30. The molecule has 3 aromatic rings. The molecule has 1 atom stereocenters. The van der Waals surface area contributed by atoms with E-state index < -0.39 is 5.92 Å². The minimum Gasteiger partial charge on any atom is -0.457 e. The summed E-state index contributed by atoms with van der Waals surface area (Å²) < 4.78 is 5.77. The van der Waals surface area contributed by atoms with Gasteiger partial charge in [-0.25, -0.2) is 0 Å². The predicted octanol–water partition coefficient (Wildman–Crippen LogP) is 5.74. The third-order valence-electron chi connectivity index (χ3n) is 5.32. The second kappa shape index (κ2) is 8.82. The van der Waals surface area contributed by atoms with E-state index in [1.807, 2.05) is 32.0 Å². The molecular weight excluding hydrogens is 412 g/mol. The number of carbonyl (C=O) groups is 2. The summed E-state index contributed by atoms with van der Waals surface area (Å²) in [6.45, 7) is 4.35. The van der Waals surface area contributed by atoms with Crippen LogP contribution in [-0.2, 0) is 9.59 Å². The lowest BCUT2D eigenvalue weighted by Crippen LogP contribution is -2.28. The molecule has 0 aliphatic carbocycles. The van der Waals surface area contributed by atoms with Crippen LogP contribution in [0.5, 0.6) is 11.5 Å². The Morgan fingerprint density at radius 3 is 2.32 bits per heavy atom. The molecule has 2 amide bonds. The Hall–Kier alpha value is -3.31. The molecule has 4 rings (SSSR count). The molecule has 0 spiro atoms. The summed E-state index contributed by atoms with van der Waals surface area (Å²) in [5.41, 5.74) is 3.65. The van der Waals surface area contributed by atoms with Gasteiger partial charge in [0.15, 0.2) is 0 Å². The minimum atomic E-state index is -0.391. The zero-order valence-electron chi connectivity index (χ0n) is 17.4. The molecule has 6 heteroatoms. The largest absolute Gasteiger partial charge is 0.457 e. The highest BCUT2D eigenvalue weighted by atomic mass is 35.5. The molecule has 0 aromatic heterocycles. The quantitative estimate of drug-likeness (QED) is 0.557. The normalized spacial score (nSPS) is 15.8. The number of carbonyl (C=O) groups excluding carboxylic acids is 2. The maximum absolute atomic E-state index is 12.8. The van der Waals surface area contributed by atoms with Crippen LogP contribution in [0.4, 0.5) is 11.4 Å². The van der Waals surface area contributed by atoms with Gasteiger partial charge in [-0.05, 0) is 79.6 Å². The maximum Gasteiger partial charge on any atom is 0.229 e. The van der Waals surface area contributed by atoms with E-state index in [2.05, 4.69) is 5.32 Å². The zero-order chi connectivity index (χ0) is 22.0. The van der Waals surface area contributed by atoms with Crippen LogP contribution >= 0.6 is 11.6 Å². The lowest BCUT2D eigenvalue weighted by molar-refractivity contribution is -0.122. The monoisotopic (exact) mass is 434 g/mol. The summed E-state index contributed by atoms with van der Waals surface area (Å²) in [5.74, 6) is 0.750. The molecule has 0 unspecified atom stereocenters. The molecule has 5 nitrogen and oxygen atoms in total. The molecule has 1 saturated heterocycles. The SMILES string of the molecule is Cc1ccc(C)c(N2C[C@H](C(=O)Nc3ccc(Oc4ccc(Cl)cc4)cc3)CC2=O)c1. The molecule has 158 valence electrons. The minimum absolute atomic E-state index is 0.0273. The molecule has 0 bridgehead atoms. The molecule has 0 radical (unpaired) electrons. The Morgan fingerprint density at radius 2 is 1.65 bits per heavy atom. The van der Waals surface area contributed by atoms with Crippen molar-refractivity contribution in [1.29, 1.82) is 0 Å². The highest BCUT2D eigenvalue weighted by Gasteiger charge is 2.35. The fourth-order valence-corrected chi connectivity index (χ4v) is 3.74. The second-order valence-electron chi connectivity index (χ2n) is 7.76. The Labute approximate surface area is 186 Å². The van der Waals surface area contributed by atoms with Gasteiger partial charge < -0.3 is 15.0 Å². The van der Waals surface area contributed by atoms with Crippen molar-refractivity contribution in [3.8, 4) is 11.5 Å². The van der Waals surface area contributed by atoms with Crippen LogP contribution in [0.25, 0.3) is 0 Å². The summed E-state index contributed by atoms with van der Waals surface area (Å²) in [6, 6.07) is 20.2. The van der Waals surface area contributed by atoms with Gasteiger partial charge in [-0.1, -0.05) is 23.7 Å². The predicted molar refractivity (Wildman–Crippen MR) is 123 cm³/mol. The zero-order valence-corrected chi connectivity index (χ0v) is 18.1. The Balaban J connectivity index is 1.38. The van der Waals surface area contributed by atoms with Gasteiger partial charge in [-0.2, -0.15) is 0 Å². The van der Waals surface area contributed by atoms with Crippen LogP contribution in [0.15, 0.2) is 66.7 Å². The van der Waals surface area contributed by atoms with Crippen LogP contribution in [0.3, 0.4) is 0 Å². The van der Waals surface area contributed by atoms with Crippen molar-refractivity contribution in [3.05, 3.63) is 82.9 Å². The number of amides is 2. The van der Waals surface area contributed by atoms with E-state index in [4.69, 9.17) is 16.3 Å². The molecule has 1 N–H and O–H groups in total. The molecule has 31 heavy (non-hydrogen) atoms.